The van der Waals surface area contributed by atoms with Gasteiger partial charge < -0.3 is 0 Å². The number of carbonyl (C=O) groups excluding carboxylic acids is 1. The second-order valence-electron chi connectivity index (χ2n) is 5.27. The second-order valence-corrected chi connectivity index (χ2v) is 5.27. The number of hydrogen-bond donors (Lipinski definition) is 1. The fraction of sp³-hybridized carbons (Fsp3) is 0.588. The minimum atomic E-state index is -0.0202. The van der Waals surface area contributed by atoms with E-state index in [-0.39, 0.29) is 5.91 Å². The van der Waals surface area contributed by atoms with E-state index >= 15 is 0 Å². The average molecular weight is 289 g/mol. The summed E-state index contributed by atoms with van der Waals surface area (Å²) in [6, 6.07) is 5.57. The van der Waals surface area contributed by atoms with Gasteiger partial charge in [0.1, 0.15) is 0 Å². The fourth-order valence-corrected chi connectivity index (χ4v) is 2.10. The quantitative estimate of drug-likeness (QED) is 0.379. The van der Waals surface area contributed by atoms with Crippen LogP contribution in [-0.2, 0) is 4.79 Å². The van der Waals surface area contributed by atoms with Gasteiger partial charge in [-0.05, 0) is 18.6 Å². The normalized spacial score (nSPS) is 10.9. The number of aromatic nitrogens is 1. The minimum Gasteiger partial charge on any atom is -0.273 e. The van der Waals surface area contributed by atoms with Gasteiger partial charge >= 0.3 is 0 Å². The van der Waals surface area contributed by atoms with Gasteiger partial charge in [-0.1, -0.05) is 57.9 Å². The lowest BCUT2D eigenvalue weighted by Crippen LogP contribution is -2.17. The van der Waals surface area contributed by atoms with Crippen LogP contribution in [0.15, 0.2) is 29.5 Å². The van der Waals surface area contributed by atoms with E-state index < -0.39 is 0 Å². The van der Waals surface area contributed by atoms with Crippen LogP contribution in [0.5, 0.6) is 0 Å². The molecule has 0 radical (unpaired) electrons. The lowest BCUT2D eigenvalue weighted by atomic mass is 10.1. The second kappa shape index (κ2) is 12.1. The zero-order valence-electron chi connectivity index (χ0n) is 13.1. The van der Waals surface area contributed by atoms with Crippen LogP contribution in [0, 0.1) is 0 Å². The van der Waals surface area contributed by atoms with E-state index in [2.05, 4.69) is 22.4 Å². The maximum atomic E-state index is 11.6. The fourth-order valence-electron chi connectivity index (χ4n) is 2.10. The number of amides is 1. The number of nitrogens with zero attached hydrogens (tertiary/aromatic N) is 2. The van der Waals surface area contributed by atoms with Crippen molar-refractivity contribution in [3.63, 3.8) is 0 Å². The predicted molar refractivity (Wildman–Crippen MR) is 87.2 cm³/mol. The van der Waals surface area contributed by atoms with Gasteiger partial charge in [-0.15, -0.1) is 0 Å². The Morgan fingerprint density at radius 3 is 2.52 bits per heavy atom. The maximum absolute atomic E-state index is 11.6. The summed E-state index contributed by atoms with van der Waals surface area (Å²) in [5, 5.41) is 3.90. The molecule has 0 aliphatic rings. The van der Waals surface area contributed by atoms with Gasteiger partial charge in [-0.3, -0.25) is 9.78 Å². The topological polar surface area (TPSA) is 54.4 Å². The Bertz CT molecular complexity index is 404. The molecule has 116 valence electrons. The lowest BCUT2D eigenvalue weighted by molar-refractivity contribution is -0.121. The third-order valence-corrected chi connectivity index (χ3v) is 3.33. The Labute approximate surface area is 128 Å². The molecular formula is C17H27N3O. The zero-order valence-corrected chi connectivity index (χ0v) is 13.1. The summed E-state index contributed by atoms with van der Waals surface area (Å²) in [4.78, 5) is 15.7. The van der Waals surface area contributed by atoms with E-state index in [0.29, 0.717) is 6.42 Å². The third kappa shape index (κ3) is 9.77. The van der Waals surface area contributed by atoms with Gasteiger partial charge in [0.2, 0.25) is 5.91 Å². The van der Waals surface area contributed by atoms with E-state index in [1.165, 1.54) is 38.5 Å². The summed E-state index contributed by atoms with van der Waals surface area (Å²) in [5.74, 6) is -0.0202. The Balaban J connectivity index is 1.98. The molecule has 0 aromatic carbocycles. The molecule has 0 saturated heterocycles. The molecule has 1 amide bonds. The van der Waals surface area contributed by atoms with Crippen LogP contribution in [0.4, 0.5) is 0 Å². The number of rotatable bonds is 11. The molecule has 1 rings (SSSR count). The van der Waals surface area contributed by atoms with Crippen molar-refractivity contribution in [1.29, 1.82) is 0 Å². The molecule has 1 N–H and O–H groups in total. The van der Waals surface area contributed by atoms with Crippen LogP contribution in [0.3, 0.4) is 0 Å². The van der Waals surface area contributed by atoms with Crippen molar-refractivity contribution in [2.24, 2.45) is 5.10 Å². The highest BCUT2D eigenvalue weighted by Gasteiger charge is 1.99. The molecule has 0 aliphatic carbocycles. The zero-order chi connectivity index (χ0) is 15.2. The lowest BCUT2D eigenvalue weighted by Gasteiger charge is -2.01. The molecule has 0 fully saturated rings. The van der Waals surface area contributed by atoms with Gasteiger partial charge in [0.25, 0.3) is 0 Å². The molecule has 1 aromatic rings. The van der Waals surface area contributed by atoms with Crippen molar-refractivity contribution in [3.8, 4) is 0 Å². The van der Waals surface area contributed by atoms with Crippen LogP contribution in [0.2, 0.25) is 0 Å². The number of hydrogen-bond acceptors (Lipinski definition) is 3. The highest BCUT2D eigenvalue weighted by molar-refractivity contribution is 5.80. The SMILES string of the molecule is CCCCCCCCCCC(=O)N/N=C/c1ccccn1. The summed E-state index contributed by atoms with van der Waals surface area (Å²) in [6.07, 6.45) is 13.7. The molecular weight excluding hydrogens is 262 g/mol. The summed E-state index contributed by atoms with van der Waals surface area (Å²) >= 11 is 0. The molecule has 1 aromatic heterocycles. The molecule has 0 atom stereocenters. The Morgan fingerprint density at radius 2 is 1.86 bits per heavy atom. The van der Waals surface area contributed by atoms with E-state index in [9.17, 15) is 4.79 Å². The van der Waals surface area contributed by atoms with Crippen molar-refractivity contribution >= 4 is 12.1 Å². The molecule has 4 nitrogen and oxygen atoms in total. The summed E-state index contributed by atoms with van der Waals surface area (Å²) in [5.41, 5.74) is 3.28. The van der Waals surface area contributed by atoms with Crippen LogP contribution >= 0.6 is 0 Å². The third-order valence-electron chi connectivity index (χ3n) is 3.33. The Morgan fingerprint density at radius 1 is 1.14 bits per heavy atom. The van der Waals surface area contributed by atoms with Crippen molar-refractivity contribution in [2.75, 3.05) is 0 Å². The largest absolute Gasteiger partial charge is 0.273 e. The van der Waals surface area contributed by atoms with E-state index in [4.69, 9.17) is 0 Å². The van der Waals surface area contributed by atoms with Crippen LogP contribution in [-0.4, -0.2) is 17.1 Å². The van der Waals surface area contributed by atoms with Gasteiger partial charge in [0.05, 0.1) is 11.9 Å². The molecule has 0 unspecified atom stereocenters. The van der Waals surface area contributed by atoms with Crippen molar-refractivity contribution in [3.05, 3.63) is 30.1 Å². The molecule has 0 saturated carbocycles. The van der Waals surface area contributed by atoms with Gasteiger partial charge in [-0.25, -0.2) is 5.43 Å². The maximum Gasteiger partial charge on any atom is 0.240 e. The molecule has 1 heterocycles. The first-order valence-corrected chi connectivity index (χ1v) is 8.06. The Kier molecular flexibility index (Phi) is 9.96. The molecule has 0 bridgehead atoms. The van der Waals surface area contributed by atoms with Crippen LogP contribution < -0.4 is 5.43 Å². The number of carbonyl (C=O) groups is 1. The first-order valence-electron chi connectivity index (χ1n) is 8.06. The molecule has 0 spiro atoms. The van der Waals surface area contributed by atoms with Crippen molar-refractivity contribution < 1.29 is 4.79 Å². The highest BCUT2D eigenvalue weighted by Crippen LogP contribution is 2.09. The van der Waals surface area contributed by atoms with Crippen molar-refractivity contribution in [1.82, 2.24) is 10.4 Å². The monoisotopic (exact) mass is 289 g/mol. The standard InChI is InChI=1S/C17H27N3O/c1-2-3-4-5-6-7-8-9-13-17(21)20-19-15-16-12-10-11-14-18-16/h10-12,14-15H,2-9,13H2,1H3,(H,20,21)/b19-15+. The van der Waals surface area contributed by atoms with E-state index in [1.807, 2.05) is 18.2 Å². The number of hydrazone groups is 1. The van der Waals surface area contributed by atoms with Crippen LogP contribution in [0.1, 0.15) is 70.4 Å². The van der Waals surface area contributed by atoms with Gasteiger partial charge in [0.15, 0.2) is 0 Å². The summed E-state index contributed by atoms with van der Waals surface area (Å²) in [7, 11) is 0. The van der Waals surface area contributed by atoms with Gasteiger partial charge in [-0.2, -0.15) is 5.10 Å². The van der Waals surface area contributed by atoms with Crippen molar-refractivity contribution in [2.45, 2.75) is 64.7 Å². The van der Waals surface area contributed by atoms with E-state index in [0.717, 1.165) is 18.5 Å². The smallest absolute Gasteiger partial charge is 0.240 e. The Hall–Kier alpha value is -1.71. The summed E-state index contributed by atoms with van der Waals surface area (Å²) < 4.78 is 0. The van der Waals surface area contributed by atoms with Gasteiger partial charge in [0, 0.05) is 12.6 Å². The molecule has 0 aliphatic heterocycles. The highest BCUT2D eigenvalue weighted by atomic mass is 16.2. The first-order chi connectivity index (χ1) is 10.3. The average Bonchev–Trinajstić information content (AvgIpc) is 2.51. The predicted octanol–water partition coefficient (Wildman–Crippen LogP) is 4.06. The first kappa shape index (κ1) is 17.3. The number of nitrogens with one attached hydrogen (secondary N) is 1. The minimum absolute atomic E-state index is 0.0202. The molecule has 4 heteroatoms. The molecule has 21 heavy (non-hydrogen) atoms. The number of unbranched alkanes of at least 4 members (excludes halogenated alkanes) is 7. The number of pyridine rings is 1. The van der Waals surface area contributed by atoms with Crippen LogP contribution in [0.25, 0.3) is 0 Å². The summed E-state index contributed by atoms with van der Waals surface area (Å²) in [6.45, 7) is 2.23. The van der Waals surface area contributed by atoms with E-state index in [1.54, 1.807) is 12.4 Å².